The molecule has 0 bridgehead atoms. The Bertz CT molecular complexity index is 881. The first-order valence-corrected chi connectivity index (χ1v) is 9.92. The molecule has 1 amide bonds. The lowest BCUT2D eigenvalue weighted by molar-refractivity contribution is -0.123. The van der Waals surface area contributed by atoms with Gasteiger partial charge in [-0.1, -0.05) is 46.8 Å². The van der Waals surface area contributed by atoms with Gasteiger partial charge < -0.3 is 14.6 Å². The van der Waals surface area contributed by atoms with E-state index in [1.165, 1.54) is 25.0 Å². The van der Waals surface area contributed by atoms with E-state index in [-0.39, 0.29) is 23.2 Å². The molecule has 0 heterocycles. The van der Waals surface area contributed by atoms with Crippen LogP contribution < -0.4 is 14.9 Å². The van der Waals surface area contributed by atoms with Crippen LogP contribution in [0.5, 0.6) is 17.2 Å². The number of carbonyl (C=O) groups is 1. The minimum absolute atomic E-state index is 0.0412. The first-order valence-electron chi connectivity index (χ1n) is 9.92. The van der Waals surface area contributed by atoms with Crippen LogP contribution >= 0.6 is 0 Å². The summed E-state index contributed by atoms with van der Waals surface area (Å²) in [7, 11) is 1.53. The highest BCUT2D eigenvalue weighted by atomic mass is 16.5. The molecule has 2 rings (SSSR count). The van der Waals surface area contributed by atoms with Crippen LogP contribution in [0.4, 0.5) is 0 Å². The lowest BCUT2D eigenvalue weighted by Gasteiger charge is -2.33. The van der Waals surface area contributed by atoms with E-state index in [2.05, 4.69) is 45.1 Å². The van der Waals surface area contributed by atoms with Crippen LogP contribution in [0.3, 0.4) is 0 Å². The van der Waals surface area contributed by atoms with Crippen molar-refractivity contribution in [3.05, 3.63) is 53.6 Å². The molecule has 6 heteroatoms. The van der Waals surface area contributed by atoms with Crippen molar-refractivity contribution in [3.63, 3.8) is 0 Å². The number of aromatic hydroxyl groups is 1. The third-order valence-electron chi connectivity index (χ3n) is 4.61. The van der Waals surface area contributed by atoms with Crippen molar-refractivity contribution in [1.82, 2.24) is 5.43 Å². The standard InChI is InChI=1S/C24H32N2O4/c1-23(2,3)16-24(4,5)18-7-9-19(10-8-18)30-15-22(28)26-25-14-17-13-20(29-6)11-12-21(17)27/h7-14,27H,15-16H2,1-6H3,(H,26,28)/b25-14+. The number of carbonyl (C=O) groups excluding carboxylic acids is 1. The zero-order valence-electron chi connectivity index (χ0n) is 18.7. The van der Waals surface area contributed by atoms with Gasteiger partial charge in [0.25, 0.3) is 5.91 Å². The van der Waals surface area contributed by atoms with Gasteiger partial charge in [0.2, 0.25) is 0 Å². The molecular formula is C24H32N2O4. The van der Waals surface area contributed by atoms with Crippen LogP contribution in [0.1, 0.15) is 52.2 Å². The topological polar surface area (TPSA) is 80.2 Å². The highest BCUT2D eigenvalue weighted by Crippen LogP contribution is 2.36. The average molecular weight is 413 g/mol. The van der Waals surface area contributed by atoms with E-state index in [4.69, 9.17) is 9.47 Å². The fourth-order valence-corrected chi connectivity index (χ4v) is 3.55. The molecular weight excluding hydrogens is 380 g/mol. The highest BCUT2D eigenvalue weighted by Gasteiger charge is 2.27. The summed E-state index contributed by atoms with van der Waals surface area (Å²) in [5.41, 5.74) is 4.33. The minimum atomic E-state index is -0.397. The summed E-state index contributed by atoms with van der Waals surface area (Å²) in [5, 5.41) is 13.7. The van der Waals surface area contributed by atoms with Crippen molar-refractivity contribution in [2.75, 3.05) is 13.7 Å². The molecule has 162 valence electrons. The molecule has 0 atom stereocenters. The number of nitrogens with one attached hydrogen (secondary N) is 1. The molecule has 6 nitrogen and oxygen atoms in total. The van der Waals surface area contributed by atoms with Gasteiger partial charge in [-0.15, -0.1) is 0 Å². The molecule has 2 aromatic rings. The van der Waals surface area contributed by atoms with Crippen LogP contribution in [-0.2, 0) is 10.2 Å². The number of hydrogen-bond donors (Lipinski definition) is 2. The molecule has 0 aliphatic rings. The van der Waals surface area contributed by atoms with E-state index in [1.807, 2.05) is 24.3 Å². The largest absolute Gasteiger partial charge is 0.507 e. The fourth-order valence-electron chi connectivity index (χ4n) is 3.55. The first-order chi connectivity index (χ1) is 14.0. The lowest BCUT2D eigenvalue weighted by atomic mass is 9.72. The summed E-state index contributed by atoms with van der Waals surface area (Å²) in [6, 6.07) is 12.6. The van der Waals surface area contributed by atoms with Gasteiger partial charge in [0, 0.05) is 5.56 Å². The molecule has 2 N–H and O–H groups in total. The van der Waals surface area contributed by atoms with Crippen molar-refractivity contribution in [2.45, 2.75) is 46.5 Å². The van der Waals surface area contributed by atoms with E-state index in [9.17, 15) is 9.90 Å². The number of phenolic OH excluding ortho intramolecular Hbond substituents is 1. The predicted molar refractivity (Wildman–Crippen MR) is 119 cm³/mol. The second kappa shape index (κ2) is 9.65. The summed E-state index contributed by atoms with van der Waals surface area (Å²) in [5.74, 6) is 0.846. The average Bonchev–Trinajstić information content (AvgIpc) is 2.66. The zero-order valence-corrected chi connectivity index (χ0v) is 18.7. The third-order valence-corrected chi connectivity index (χ3v) is 4.61. The molecule has 0 saturated heterocycles. The molecule has 0 fully saturated rings. The molecule has 0 spiro atoms. The Balaban J connectivity index is 1.88. The number of amides is 1. The Hall–Kier alpha value is -3.02. The molecule has 2 aromatic carbocycles. The molecule has 0 unspecified atom stereocenters. The quantitative estimate of drug-likeness (QED) is 0.489. The van der Waals surface area contributed by atoms with Gasteiger partial charge in [-0.05, 0) is 53.1 Å². The van der Waals surface area contributed by atoms with Gasteiger partial charge in [-0.25, -0.2) is 5.43 Å². The summed E-state index contributed by atoms with van der Waals surface area (Å²) in [6.07, 6.45) is 2.41. The van der Waals surface area contributed by atoms with Crippen molar-refractivity contribution in [3.8, 4) is 17.2 Å². The van der Waals surface area contributed by atoms with Gasteiger partial charge in [0.15, 0.2) is 6.61 Å². The first kappa shape index (κ1) is 23.3. The van der Waals surface area contributed by atoms with E-state index in [0.29, 0.717) is 17.1 Å². The highest BCUT2D eigenvalue weighted by molar-refractivity contribution is 5.85. The monoisotopic (exact) mass is 412 g/mol. The van der Waals surface area contributed by atoms with Crippen LogP contribution in [0.15, 0.2) is 47.6 Å². The summed E-state index contributed by atoms with van der Waals surface area (Å²) in [4.78, 5) is 12.0. The number of phenols is 1. The van der Waals surface area contributed by atoms with Gasteiger partial charge in [-0.3, -0.25) is 4.79 Å². The molecule has 0 aromatic heterocycles. The number of rotatable bonds is 8. The number of ether oxygens (including phenoxy) is 2. The summed E-state index contributed by atoms with van der Waals surface area (Å²) < 4.78 is 10.6. The smallest absolute Gasteiger partial charge is 0.277 e. The van der Waals surface area contributed by atoms with Crippen LogP contribution in [0.2, 0.25) is 0 Å². The number of hydrogen-bond acceptors (Lipinski definition) is 5. The maximum atomic E-state index is 12.0. The van der Waals surface area contributed by atoms with Gasteiger partial charge in [-0.2, -0.15) is 5.10 Å². The minimum Gasteiger partial charge on any atom is -0.507 e. The molecule has 0 saturated carbocycles. The second-order valence-corrected chi connectivity index (χ2v) is 9.15. The van der Waals surface area contributed by atoms with E-state index >= 15 is 0 Å². The van der Waals surface area contributed by atoms with E-state index in [0.717, 1.165) is 6.42 Å². The zero-order chi connectivity index (χ0) is 22.4. The number of benzene rings is 2. The van der Waals surface area contributed by atoms with Crippen LogP contribution in [0.25, 0.3) is 0 Å². The van der Waals surface area contributed by atoms with Crippen molar-refractivity contribution >= 4 is 12.1 Å². The van der Waals surface area contributed by atoms with E-state index in [1.54, 1.807) is 12.1 Å². The number of nitrogens with zero attached hydrogens (tertiary/aromatic N) is 1. The molecule has 30 heavy (non-hydrogen) atoms. The second-order valence-electron chi connectivity index (χ2n) is 9.15. The Morgan fingerprint density at radius 1 is 1.07 bits per heavy atom. The lowest BCUT2D eigenvalue weighted by Crippen LogP contribution is -2.25. The Kier molecular flexibility index (Phi) is 7.48. The van der Waals surface area contributed by atoms with Gasteiger partial charge in [0.1, 0.15) is 17.2 Å². The SMILES string of the molecule is COc1ccc(O)c(/C=N/NC(=O)COc2ccc(C(C)(C)CC(C)(C)C)cc2)c1. The fraction of sp³-hybridized carbons (Fsp3) is 0.417. The van der Waals surface area contributed by atoms with Crippen LogP contribution in [0, 0.1) is 5.41 Å². The van der Waals surface area contributed by atoms with Crippen molar-refractivity contribution in [1.29, 1.82) is 0 Å². The van der Waals surface area contributed by atoms with Crippen molar-refractivity contribution < 1.29 is 19.4 Å². The Morgan fingerprint density at radius 2 is 1.70 bits per heavy atom. The molecule has 0 aliphatic carbocycles. The number of methoxy groups -OCH3 is 1. The van der Waals surface area contributed by atoms with E-state index < -0.39 is 5.91 Å². The molecule has 0 radical (unpaired) electrons. The molecule has 0 aliphatic heterocycles. The normalized spacial score (nSPS) is 12.1. The van der Waals surface area contributed by atoms with Crippen LogP contribution in [-0.4, -0.2) is 30.9 Å². The predicted octanol–water partition coefficient (Wildman–Crippen LogP) is 4.64. The maximum absolute atomic E-state index is 12.0. The van der Waals surface area contributed by atoms with Gasteiger partial charge in [0.05, 0.1) is 13.3 Å². The Morgan fingerprint density at radius 3 is 2.30 bits per heavy atom. The Labute approximate surface area is 178 Å². The summed E-state index contributed by atoms with van der Waals surface area (Å²) in [6.45, 7) is 11.0. The maximum Gasteiger partial charge on any atom is 0.277 e. The van der Waals surface area contributed by atoms with Crippen molar-refractivity contribution in [2.24, 2.45) is 10.5 Å². The summed E-state index contributed by atoms with van der Waals surface area (Å²) >= 11 is 0. The van der Waals surface area contributed by atoms with Gasteiger partial charge >= 0.3 is 0 Å². The number of hydrazone groups is 1. The third kappa shape index (κ3) is 7.10.